The van der Waals surface area contributed by atoms with E-state index in [9.17, 15) is 4.39 Å². The van der Waals surface area contributed by atoms with E-state index in [0.717, 1.165) is 29.9 Å². The van der Waals surface area contributed by atoms with E-state index in [2.05, 4.69) is 28.1 Å². The summed E-state index contributed by atoms with van der Waals surface area (Å²) in [4.78, 5) is 0.0824. The summed E-state index contributed by atoms with van der Waals surface area (Å²) in [6.07, 6.45) is 0.964. The molecule has 0 bridgehead atoms. The van der Waals surface area contributed by atoms with Gasteiger partial charge >= 0.3 is 0 Å². The van der Waals surface area contributed by atoms with Crippen molar-refractivity contribution >= 4 is 15.9 Å². The molecular weight excluding hydrogens is 307 g/mol. The van der Waals surface area contributed by atoms with Crippen molar-refractivity contribution in [3.8, 4) is 5.75 Å². The summed E-state index contributed by atoms with van der Waals surface area (Å²) in [5.41, 5.74) is 4.49. The van der Waals surface area contributed by atoms with E-state index in [0.29, 0.717) is 0 Å². The van der Waals surface area contributed by atoms with Crippen molar-refractivity contribution < 1.29 is 9.13 Å². The van der Waals surface area contributed by atoms with Gasteiger partial charge in [-0.1, -0.05) is 34.1 Å². The van der Waals surface area contributed by atoms with E-state index in [-0.39, 0.29) is 10.6 Å². The molecule has 2 aromatic rings. The van der Waals surface area contributed by atoms with Gasteiger partial charge in [0.15, 0.2) is 0 Å². The van der Waals surface area contributed by atoms with E-state index in [1.54, 1.807) is 6.07 Å². The molecular formula is C16H14BrFO. The summed E-state index contributed by atoms with van der Waals surface area (Å²) in [6.45, 7) is 2.70. The van der Waals surface area contributed by atoms with Crippen LogP contribution in [0.4, 0.5) is 4.39 Å². The number of ether oxygens (including phenoxy) is 1. The maximum absolute atomic E-state index is 13.2. The minimum atomic E-state index is -0.191. The Labute approximate surface area is 120 Å². The molecule has 0 aliphatic carbocycles. The highest BCUT2D eigenvalue weighted by Gasteiger charge is 2.17. The number of fused-ring (bicyclic) bond motifs is 1. The minimum Gasteiger partial charge on any atom is -0.493 e. The van der Waals surface area contributed by atoms with Crippen LogP contribution in [0.2, 0.25) is 0 Å². The normalized spacial score (nSPS) is 14.9. The lowest BCUT2D eigenvalue weighted by molar-refractivity contribution is 0.357. The highest BCUT2D eigenvalue weighted by atomic mass is 79.9. The molecule has 0 aromatic heterocycles. The molecule has 0 saturated heterocycles. The molecule has 2 aromatic carbocycles. The van der Waals surface area contributed by atoms with Gasteiger partial charge in [-0.3, -0.25) is 0 Å². The van der Waals surface area contributed by atoms with Crippen molar-refractivity contribution in [2.75, 3.05) is 6.61 Å². The predicted molar refractivity (Wildman–Crippen MR) is 77.5 cm³/mol. The van der Waals surface area contributed by atoms with Crippen LogP contribution in [0.25, 0.3) is 0 Å². The third-order valence-corrected chi connectivity index (χ3v) is 4.53. The largest absolute Gasteiger partial charge is 0.493 e. The fraction of sp³-hybridized carbons (Fsp3) is 0.250. The first kappa shape index (κ1) is 12.7. The van der Waals surface area contributed by atoms with Crippen molar-refractivity contribution in [1.82, 2.24) is 0 Å². The third kappa shape index (κ3) is 2.39. The lowest BCUT2D eigenvalue weighted by atomic mass is 9.98. The quantitative estimate of drug-likeness (QED) is 0.737. The Morgan fingerprint density at radius 2 is 2.05 bits per heavy atom. The zero-order chi connectivity index (χ0) is 13.4. The molecule has 0 N–H and O–H groups in total. The fourth-order valence-electron chi connectivity index (χ4n) is 2.47. The monoisotopic (exact) mass is 320 g/mol. The smallest absolute Gasteiger partial charge is 0.123 e. The molecule has 1 aliphatic rings. The average molecular weight is 321 g/mol. The lowest BCUT2D eigenvalue weighted by Gasteiger charge is -2.14. The number of rotatable bonds is 2. The molecule has 1 atom stereocenters. The summed E-state index contributed by atoms with van der Waals surface area (Å²) < 4.78 is 18.7. The van der Waals surface area contributed by atoms with Crippen LogP contribution in [0.1, 0.15) is 27.1 Å². The van der Waals surface area contributed by atoms with E-state index >= 15 is 0 Å². The Morgan fingerprint density at radius 3 is 2.84 bits per heavy atom. The summed E-state index contributed by atoms with van der Waals surface area (Å²) in [6, 6.07) is 11.2. The van der Waals surface area contributed by atoms with Gasteiger partial charge in [0.25, 0.3) is 0 Å². The highest BCUT2D eigenvalue weighted by Crippen LogP contribution is 2.36. The van der Waals surface area contributed by atoms with Crippen LogP contribution in [-0.4, -0.2) is 6.61 Å². The Morgan fingerprint density at radius 1 is 1.21 bits per heavy atom. The van der Waals surface area contributed by atoms with Crippen molar-refractivity contribution in [3.63, 3.8) is 0 Å². The molecule has 1 nitrogen and oxygen atoms in total. The van der Waals surface area contributed by atoms with Crippen molar-refractivity contribution in [2.24, 2.45) is 0 Å². The van der Waals surface area contributed by atoms with Gasteiger partial charge in [0.2, 0.25) is 0 Å². The van der Waals surface area contributed by atoms with Gasteiger partial charge in [-0.05, 0) is 47.4 Å². The van der Waals surface area contributed by atoms with E-state index in [1.165, 1.54) is 17.2 Å². The van der Waals surface area contributed by atoms with Crippen molar-refractivity contribution in [2.45, 2.75) is 18.2 Å². The lowest BCUT2D eigenvalue weighted by Crippen LogP contribution is -1.97. The van der Waals surface area contributed by atoms with Crippen LogP contribution in [0.3, 0.4) is 0 Å². The maximum Gasteiger partial charge on any atom is 0.123 e. The van der Waals surface area contributed by atoms with E-state index in [4.69, 9.17) is 4.74 Å². The zero-order valence-electron chi connectivity index (χ0n) is 10.6. The summed E-state index contributed by atoms with van der Waals surface area (Å²) in [7, 11) is 0. The molecule has 3 rings (SSSR count). The Kier molecular flexibility index (Phi) is 3.31. The van der Waals surface area contributed by atoms with Crippen LogP contribution in [0.15, 0.2) is 36.4 Å². The first-order valence-electron chi connectivity index (χ1n) is 6.31. The SMILES string of the molecule is Cc1cc(F)ccc1C(Br)c1ccc2c(c1)CCO2. The summed E-state index contributed by atoms with van der Waals surface area (Å²) in [5, 5.41) is 0. The second kappa shape index (κ2) is 4.97. The molecule has 0 fully saturated rings. The number of halogens is 2. The number of aryl methyl sites for hydroxylation is 1. The topological polar surface area (TPSA) is 9.23 Å². The van der Waals surface area contributed by atoms with Crippen LogP contribution in [-0.2, 0) is 6.42 Å². The first-order chi connectivity index (χ1) is 9.15. The molecule has 1 heterocycles. The fourth-order valence-corrected chi connectivity index (χ4v) is 3.27. The Hall–Kier alpha value is -1.35. The van der Waals surface area contributed by atoms with Gasteiger partial charge in [-0.2, -0.15) is 0 Å². The van der Waals surface area contributed by atoms with Gasteiger partial charge in [0.1, 0.15) is 11.6 Å². The first-order valence-corrected chi connectivity index (χ1v) is 7.22. The van der Waals surface area contributed by atoms with E-state index in [1.807, 2.05) is 19.1 Å². The number of alkyl halides is 1. The van der Waals surface area contributed by atoms with Crippen LogP contribution < -0.4 is 4.74 Å². The number of benzene rings is 2. The molecule has 1 unspecified atom stereocenters. The minimum absolute atomic E-state index is 0.0824. The van der Waals surface area contributed by atoms with Crippen molar-refractivity contribution in [3.05, 3.63) is 64.5 Å². The Bertz CT molecular complexity index is 624. The van der Waals surface area contributed by atoms with Gasteiger partial charge in [-0.25, -0.2) is 4.39 Å². The molecule has 0 saturated carbocycles. The standard InChI is InChI=1S/C16H14BrFO/c1-10-8-13(18)3-4-14(10)16(17)12-2-5-15-11(9-12)6-7-19-15/h2-5,8-9,16H,6-7H2,1H3. The average Bonchev–Trinajstić information content (AvgIpc) is 2.85. The molecule has 0 spiro atoms. The number of hydrogen-bond acceptors (Lipinski definition) is 1. The summed E-state index contributed by atoms with van der Waals surface area (Å²) in [5.74, 6) is 0.794. The second-order valence-corrected chi connectivity index (χ2v) is 5.74. The maximum atomic E-state index is 13.2. The number of hydrogen-bond donors (Lipinski definition) is 0. The molecule has 19 heavy (non-hydrogen) atoms. The molecule has 1 aliphatic heterocycles. The van der Waals surface area contributed by atoms with Crippen LogP contribution in [0.5, 0.6) is 5.75 Å². The molecule has 98 valence electrons. The predicted octanol–water partition coefficient (Wildman–Crippen LogP) is 4.55. The van der Waals surface area contributed by atoms with Gasteiger partial charge in [-0.15, -0.1) is 0 Å². The second-order valence-electron chi connectivity index (χ2n) is 4.83. The Balaban J connectivity index is 1.97. The molecule has 0 radical (unpaired) electrons. The van der Waals surface area contributed by atoms with E-state index < -0.39 is 0 Å². The molecule has 3 heteroatoms. The van der Waals surface area contributed by atoms with Crippen LogP contribution in [0, 0.1) is 12.7 Å². The zero-order valence-corrected chi connectivity index (χ0v) is 12.2. The van der Waals surface area contributed by atoms with Crippen LogP contribution >= 0.6 is 15.9 Å². The third-order valence-electron chi connectivity index (χ3n) is 3.51. The van der Waals surface area contributed by atoms with Gasteiger partial charge in [0, 0.05) is 6.42 Å². The summed E-state index contributed by atoms with van der Waals surface area (Å²) >= 11 is 3.71. The van der Waals surface area contributed by atoms with Crippen molar-refractivity contribution in [1.29, 1.82) is 0 Å². The van der Waals surface area contributed by atoms with Gasteiger partial charge < -0.3 is 4.74 Å². The highest BCUT2D eigenvalue weighted by molar-refractivity contribution is 9.09. The molecule has 0 amide bonds. The van der Waals surface area contributed by atoms with Gasteiger partial charge in [0.05, 0.1) is 11.4 Å².